The Bertz CT molecular complexity index is 415. The molecule has 1 aromatic carbocycles. The van der Waals surface area contributed by atoms with E-state index in [0.29, 0.717) is 5.56 Å². The Kier molecular flexibility index (Phi) is 5.11. The summed E-state index contributed by atoms with van der Waals surface area (Å²) in [6, 6.07) is 5.55. The molecule has 0 bridgehead atoms. The number of aliphatic hydroxyl groups excluding tert-OH is 1. The number of benzene rings is 1. The van der Waals surface area contributed by atoms with Crippen molar-refractivity contribution >= 4 is 5.69 Å². The molecule has 0 saturated carbocycles. The van der Waals surface area contributed by atoms with Crippen LogP contribution in [0.3, 0.4) is 0 Å². The fourth-order valence-corrected chi connectivity index (χ4v) is 1.52. The van der Waals surface area contributed by atoms with Gasteiger partial charge in [-0.05, 0) is 6.92 Å². The maximum Gasteiger partial charge on any atom is 0.274 e. The number of nitrogens with one attached hydrogen (secondary N) is 1. The number of halogens is 2. The Morgan fingerprint density at radius 1 is 1.44 bits per heavy atom. The zero-order valence-corrected chi connectivity index (χ0v) is 9.72. The van der Waals surface area contributed by atoms with Crippen LogP contribution in [0.2, 0.25) is 0 Å². The van der Waals surface area contributed by atoms with Crippen LogP contribution >= 0.6 is 0 Å². The van der Waals surface area contributed by atoms with E-state index in [1.54, 1.807) is 19.1 Å². The van der Waals surface area contributed by atoms with Crippen LogP contribution in [0.1, 0.15) is 18.5 Å². The molecule has 0 heterocycles. The molecule has 1 aromatic rings. The second-order valence-electron chi connectivity index (χ2n) is 3.85. The summed E-state index contributed by atoms with van der Waals surface area (Å²) in [5.41, 5.74) is 0.313. The molecule has 0 fully saturated rings. The lowest BCUT2D eigenvalue weighted by Gasteiger charge is -2.16. The summed E-state index contributed by atoms with van der Waals surface area (Å²) in [7, 11) is 0. The molecule has 0 radical (unpaired) electrons. The van der Waals surface area contributed by atoms with Gasteiger partial charge in [0.05, 0.1) is 4.92 Å². The van der Waals surface area contributed by atoms with Crippen LogP contribution in [0.5, 0.6) is 0 Å². The summed E-state index contributed by atoms with van der Waals surface area (Å²) in [4.78, 5) is 10.3. The molecule has 2 N–H and O–H groups in total. The molecule has 7 heteroatoms. The van der Waals surface area contributed by atoms with Gasteiger partial charge >= 0.3 is 0 Å². The zero-order chi connectivity index (χ0) is 13.7. The average Bonchev–Trinajstić information content (AvgIpc) is 2.35. The number of hydrogen-bond donors (Lipinski definition) is 2. The number of rotatable bonds is 6. The van der Waals surface area contributed by atoms with Crippen molar-refractivity contribution in [2.24, 2.45) is 0 Å². The van der Waals surface area contributed by atoms with Gasteiger partial charge in [0.2, 0.25) is 0 Å². The highest BCUT2D eigenvalue weighted by Gasteiger charge is 2.21. The van der Waals surface area contributed by atoms with E-state index in [1.807, 2.05) is 0 Å². The quantitative estimate of drug-likeness (QED) is 0.604. The number of nitro benzene ring substituents is 1. The van der Waals surface area contributed by atoms with Crippen LogP contribution < -0.4 is 5.32 Å². The number of nitro groups is 1. The van der Waals surface area contributed by atoms with Gasteiger partial charge in [-0.3, -0.25) is 10.1 Å². The van der Waals surface area contributed by atoms with E-state index in [-0.39, 0.29) is 12.2 Å². The molecule has 2 atom stereocenters. The Hall–Kier alpha value is -1.60. The van der Waals surface area contributed by atoms with Crippen LogP contribution in [0.4, 0.5) is 14.5 Å². The normalized spacial score (nSPS) is 14.5. The van der Waals surface area contributed by atoms with E-state index in [4.69, 9.17) is 5.11 Å². The molecule has 18 heavy (non-hydrogen) atoms. The van der Waals surface area contributed by atoms with Crippen molar-refractivity contribution in [3.05, 3.63) is 39.9 Å². The zero-order valence-electron chi connectivity index (χ0n) is 9.72. The highest BCUT2D eigenvalue weighted by Crippen LogP contribution is 2.24. The number of nitrogens with zero attached hydrogens (tertiary/aromatic N) is 1. The minimum absolute atomic E-state index is 0.0796. The summed E-state index contributed by atoms with van der Waals surface area (Å²) < 4.78 is 24.2. The highest BCUT2D eigenvalue weighted by atomic mass is 19.3. The van der Waals surface area contributed by atoms with E-state index in [2.05, 4.69) is 5.32 Å². The minimum Gasteiger partial charge on any atom is -0.386 e. The lowest BCUT2D eigenvalue weighted by molar-refractivity contribution is -0.385. The summed E-state index contributed by atoms with van der Waals surface area (Å²) in [5.74, 6) is 0. The van der Waals surface area contributed by atoms with Crippen molar-refractivity contribution in [3.63, 3.8) is 0 Å². The first-order valence-corrected chi connectivity index (χ1v) is 5.36. The summed E-state index contributed by atoms with van der Waals surface area (Å²) in [5, 5.41) is 22.4. The van der Waals surface area contributed by atoms with Crippen molar-refractivity contribution in [1.82, 2.24) is 5.32 Å². The molecule has 5 nitrogen and oxygen atoms in total. The van der Waals surface area contributed by atoms with Gasteiger partial charge in [0, 0.05) is 24.2 Å². The Morgan fingerprint density at radius 3 is 2.61 bits per heavy atom. The number of aliphatic hydroxyl groups is 1. The molecular weight excluding hydrogens is 246 g/mol. The monoisotopic (exact) mass is 260 g/mol. The molecule has 0 saturated heterocycles. The van der Waals surface area contributed by atoms with Crippen molar-refractivity contribution in [1.29, 1.82) is 0 Å². The third kappa shape index (κ3) is 3.71. The summed E-state index contributed by atoms with van der Waals surface area (Å²) in [6.07, 6.45) is -4.62. The standard InChI is InChI=1S/C11H14F2N2O3/c1-7(14-6-10(16)11(12)13)8-4-2-3-5-9(8)15(17)18/h2-5,7,10-11,14,16H,6H2,1H3. The SMILES string of the molecule is CC(NCC(O)C(F)F)c1ccccc1[N+](=O)[O-]. The van der Waals surface area contributed by atoms with Gasteiger partial charge in [0.1, 0.15) is 6.10 Å². The van der Waals surface area contributed by atoms with Crippen LogP contribution in [-0.4, -0.2) is 29.1 Å². The van der Waals surface area contributed by atoms with Gasteiger partial charge in [-0.1, -0.05) is 18.2 Å². The molecule has 0 aromatic heterocycles. The first-order chi connectivity index (χ1) is 8.43. The first kappa shape index (κ1) is 14.5. The smallest absolute Gasteiger partial charge is 0.274 e. The second kappa shape index (κ2) is 6.36. The fraction of sp³-hybridized carbons (Fsp3) is 0.455. The highest BCUT2D eigenvalue weighted by molar-refractivity contribution is 5.41. The largest absolute Gasteiger partial charge is 0.386 e. The molecule has 0 spiro atoms. The van der Waals surface area contributed by atoms with Crippen LogP contribution in [0.15, 0.2) is 24.3 Å². The number of para-hydroxylation sites is 1. The maximum absolute atomic E-state index is 12.1. The Labute approximate surface area is 103 Å². The Balaban J connectivity index is 2.72. The summed E-state index contributed by atoms with van der Waals surface area (Å²) >= 11 is 0. The Morgan fingerprint density at radius 2 is 2.06 bits per heavy atom. The van der Waals surface area contributed by atoms with Gasteiger partial charge in [0.25, 0.3) is 12.1 Å². The molecule has 0 aliphatic carbocycles. The molecule has 100 valence electrons. The van der Waals surface area contributed by atoms with E-state index in [1.165, 1.54) is 12.1 Å². The fourth-order valence-electron chi connectivity index (χ4n) is 1.52. The van der Waals surface area contributed by atoms with E-state index in [0.717, 1.165) is 0 Å². The van der Waals surface area contributed by atoms with Crippen LogP contribution in [0, 0.1) is 10.1 Å². The van der Waals surface area contributed by atoms with Crippen molar-refractivity contribution < 1.29 is 18.8 Å². The molecule has 0 amide bonds. The predicted molar refractivity (Wildman–Crippen MR) is 61.5 cm³/mol. The topological polar surface area (TPSA) is 75.4 Å². The van der Waals surface area contributed by atoms with Gasteiger partial charge in [-0.25, -0.2) is 8.78 Å². The van der Waals surface area contributed by atoms with Gasteiger partial charge in [-0.2, -0.15) is 0 Å². The molecule has 2 unspecified atom stereocenters. The lowest BCUT2D eigenvalue weighted by atomic mass is 10.1. The molecule has 0 aliphatic rings. The van der Waals surface area contributed by atoms with Crippen molar-refractivity contribution in [2.75, 3.05) is 6.54 Å². The maximum atomic E-state index is 12.1. The van der Waals surface area contributed by atoms with Crippen LogP contribution in [-0.2, 0) is 0 Å². The van der Waals surface area contributed by atoms with Gasteiger partial charge < -0.3 is 10.4 Å². The van der Waals surface area contributed by atoms with E-state index < -0.39 is 23.5 Å². The number of hydrogen-bond acceptors (Lipinski definition) is 4. The molecular formula is C11H14F2N2O3. The third-order valence-electron chi connectivity index (χ3n) is 2.52. The van der Waals surface area contributed by atoms with Crippen molar-refractivity contribution in [2.45, 2.75) is 25.5 Å². The molecule has 0 aliphatic heterocycles. The van der Waals surface area contributed by atoms with E-state index >= 15 is 0 Å². The predicted octanol–water partition coefficient (Wildman–Crippen LogP) is 1.87. The van der Waals surface area contributed by atoms with Gasteiger partial charge in [0.15, 0.2) is 0 Å². The second-order valence-corrected chi connectivity index (χ2v) is 3.85. The minimum atomic E-state index is -2.84. The first-order valence-electron chi connectivity index (χ1n) is 5.36. The lowest BCUT2D eigenvalue weighted by Crippen LogP contribution is -2.33. The van der Waals surface area contributed by atoms with Gasteiger partial charge in [-0.15, -0.1) is 0 Å². The summed E-state index contributed by atoms with van der Waals surface area (Å²) in [6.45, 7) is 1.28. The third-order valence-corrected chi connectivity index (χ3v) is 2.52. The van der Waals surface area contributed by atoms with Crippen molar-refractivity contribution in [3.8, 4) is 0 Å². The molecule has 1 rings (SSSR count). The van der Waals surface area contributed by atoms with Crippen LogP contribution in [0.25, 0.3) is 0 Å². The number of alkyl halides is 2. The van der Waals surface area contributed by atoms with E-state index in [9.17, 15) is 18.9 Å². The average molecular weight is 260 g/mol.